The van der Waals surface area contributed by atoms with Gasteiger partial charge in [-0.15, -0.1) is 24.8 Å². The van der Waals surface area contributed by atoms with E-state index in [0.29, 0.717) is 25.2 Å². The highest BCUT2D eigenvalue weighted by atomic mass is 35.5. The third-order valence-electron chi connectivity index (χ3n) is 6.19. The molecular formula is C24H36Cl2FN3O3. The van der Waals surface area contributed by atoms with Crippen molar-refractivity contribution in [2.45, 2.75) is 44.7 Å². The van der Waals surface area contributed by atoms with Crippen molar-refractivity contribution in [2.24, 2.45) is 11.7 Å². The molecule has 0 aromatic heterocycles. The van der Waals surface area contributed by atoms with Gasteiger partial charge in [0.25, 0.3) is 0 Å². The lowest BCUT2D eigenvalue weighted by Gasteiger charge is -2.46. The number of benzene rings is 2. The van der Waals surface area contributed by atoms with Crippen LogP contribution < -0.4 is 16.0 Å². The summed E-state index contributed by atoms with van der Waals surface area (Å²) in [5.41, 5.74) is 9.90. The maximum absolute atomic E-state index is 13.0. The first-order chi connectivity index (χ1) is 14.7. The summed E-state index contributed by atoms with van der Waals surface area (Å²) in [5, 5.41) is 3.54. The molecule has 0 spiro atoms. The van der Waals surface area contributed by atoms with Crippen molar-refractivity contribution in [2.75, 3.05) is 31.2 Å². The molecule has 0 amide bonds. The Morgan fingerprint density at radius 2 is 1.85 bits per heavy atom. The van der Waals surface area contributed by atoms with Crippen molar-refractivity contribution in [3.05, 3.63) is 65.5 Å². The molecule has 5 N–H and O–H groups in total. The lowest BCUT2D eigenvalue weighted by Crippen LogP contribution is -2.58. The van der Waals surface area contributed by atoms with Gasteiger partial charge >= 0.3 is 0 Å². The molecule has 6 nitrogen and oxygen atoms in total. The molecule has 9 heteroatoms. The van der Waals surface area contributed by atoms with Gasteiger partial charge in [0.05, 0.1) is 13.2 Å². The smallest absolute Gasteiger partial charge is 0.184 e. The molecule has 1 fully saturated rings. The molecule has 2 heterocycles. The molecule has 186 valence electrons. The van der Waals surface area contributed by atoms with E-state index in [0.717, 1.165) is 50.9 Å². The predicted octanol–water partition coefficient (Wildman–Crippen LogP) is 3.44. The van der Waals surface area contributed by atoms with Gasteiger partial charge in [-0.1, -0.05) is 30.3 Å². The lowest BCUT2D eigenvalue weighted by atomic mass is 9.87. The molecule has 2 aromatic carbocycles. The zero-order valence-electron chi connectivity index (χ0n) is 18.8. The van der Waals surface area contributed by atoms with Crippen LogP contribution in [-0.4, -0.2) is 44.2 Å². The molecule has 1 saturated heterocycles. The number of anilines is 1. The Morgan fingerprint density at radius 1 is 1.09 bits per heavy atom. The highest BCUT2D eigenvalue weighted by Gasteiger charge is 2.36. The van der Waals surface area contributed by atoms with Crippen LogP contribution in [0.4, 0.5) is 10.1 Å². The Bertz CT molecular complexity index is 816. The van der Waals surface area contributed by atoms with Crippen LogP contribution in [0.15, 0.2) is 48.5 Å². The number of nitrogens with two attached hydrogens (primary N) is 1. The largest absolute Gasteiger partial charge is 0.412 e. The fourth-order valence-electron chi connectivity index (χ4n) is 4.61. The van der Waals surface area contributed by atoms with Crippen LogP contribution in [0.25, 0.3) is 0 Å². The SMILES string of the molecule is Cl.Cl.NC1OCc2ccccc2N1C1CCNCC1CCCOCCc1ccc(F)cc1.O. The number of nitrogens with zero attached hydrogens (tertiary/aromatic N) is 1. The fraction of sp³-hybridized carbons (Fsp3) is 0.500. The minimum atomic E-state index is -0.391. The van der Waals surface area contributed by atoms with Crippen molar-refractivity contribution >= 4 is 30.5 Å². The van der Waals surface area contributed by atoms with E-state index in [9.17, 15) is 4.39 Å². The first-order valence-electron chi connectivity index (χ1n) is 11.0. The number of nitrogens with one attached hydrogen (secondary N) is 1. The summed E-state index contributed by atoms with van der Waals surface area (Å²) in [7, 11) is 0. The standard InChI is InChI=1S/C24H32FN3O2.2ClH.H2O/c25-21-9-7-18(8-10-21)12-15-29-14-3-5-19-16-27-13-11-23(19)28-22-6-2-1-4-20(22)17-30-24(28)26;;;/h1-2,4,6-10,19,23-24,27H,3,5,11-17,26H2;2*1H;1H2. The van der Waals surface area contributed by atoms with Crippen molar-refractivity contribution in [3.8, 4) is 0 Å². The Labute approximate surface area is 208 Å². The fourth-order valence-corrected chi connectivity index (χ4v) is 4.61. The average molecular weight is 504 g/mol. The normalized spacial score (nSPS) is 21.8. The van der Waals surface area contributed by atoms with E-state index in [4.69, 9.17) is 15.2 Å². The number of hydrogen-bond acceptors (Lipinski definition) is 5. The highest BCUT2D eigenvalue weighted by molar-refractivity contribution is 5.85. The van der Waals surface area contributed by atoms with Gasteiger partial charge in [-0.3, -0.25) is 5.73 Å². The molecule has 2 aliphatic rings. The van der Waals surface area contributed by atoms with E-state index in [1.165, 1.54) is 23.4 Å². The van der Waals surface area contributed by atoms with Crippen LogP contribution in [0.5, 0.6) is 0 Å². The maximum Gasteiger partial charge on any atom is 0.184 e. The monoisotopic (exact) mass is 503 g/mol. The highest BCUT2D eigenvalue weighted by Crippen LogP contribution is 2.34. The molecule has 0 bridgehead atoms. The van der Waals surface area contributed by atoms with Crippen LogP contribution in [0.2, 0.25) is 0 Å². The van der Waals surface area contributed by atoms with Crippen molar-refractivity contribution in [1.82, 2.24) is 5.32 Å². The number of hydrogen-bond donors (Lipinski definition) is 2. The summed E-state index contributed by atoms with van der Waals surface area (Å²) in [6.07, 6.45) is 3.57. The summed E-state index contributed by atoms with van der Waals surface area (Å²) < 4.78 is 24.7. The summed E-state index contributed by atoms with van der Waals surface area (Å²) in [4.78, 5) is 2.29. The molecule has 33 heavy (non-hydrogen) atoms. The Kier molecular flexibility index (Phi) is 13.2. The molecule has 4 rings (SSSR count). The van der Waals surface area contributed by atoms with Gasteiger partial charge in [0, 0.05) is 23.9 Å². The quantitative estimate of drug-likeness (QED) is 0.538. The van der Waals surface area contributed by atoms with Crippen molar-refractivity contribution in [1.29, 1.82) is 0 Å². The van der Waals surface area contributed by atoms with Crippen LogP contribution in [0, 0.1) is 11.7 Å². The van der Waals surface area contributed by atoms with Gasteiger partial charge in [0.15, 0.2) is 6.35 Å². The van der Waals surface area contributed by atoms with Crippen LogP contribution in [0.3, 0.4) is 0 Å². The lowest BCUT2D eigenvalue weighted by molar-refractivity contribution is 0.0186. The molecular weight excluding hydrogens is 468 g/mol. The zero-order valence-corrected chi connectivity index (χ0v) is 20.4. The minimum absolute atomic E-state index is 0. The molecule has 0 saturated carbocycles. The predicted molar refractivity (Wildman–Crippen MR) is 135 cm³/mol. The van der Waals surface area contributed by atoms with Crippen LogP contribution >= 0.6 is 24.8 Å². The molecule has 0 aliphatic carbocycles. The van der Waals surface area contributed by atoms with E-state index in [1.807, 2.05) is 12.1 Å². The second-order valence-corrected chi connectivity index (χ2v) is 8.19. The van der Waals surface area contributed by atoms with E-state index in [1.54, 1.807) is 0 Å². The molecule has 3 atom stereocenters. The Morgan fingerprint density at radius 3 is 2.64 bits per heavy atom. The molecule has 2 aromatic rings. The summed E-state index contributed by atoms with van der Waals surface area (Å²) in [5.74, 6) is 0.303. The van der Waals surface area contributed by atoms with Gasteiger partial charge in [0.2, 0.25) is 0 Å². The van der Waals surface area contributed by atoms with E-state index < -0.39 is 6.35 Å². The number of fused-ring (bicyclic) bond motifs is 1. The van der Waals surface area contributed by atoms with Crippen LogP contribution in [-0.2, 0) is 22.5 Å². The van der Waals surface area contributed by atoms with Gasteiger partial charge in [-0.05, 0) is 68.5 Å². The summed E-state index contributed by atoms with van der Waals surface area (Å²) >= 11 is 0. The third-order valence-corrected chi connectivity index (χ3v) is 6.19. The van der Waals surface area contributed by atoms with Crippen molar-refractivity contribution in [3.63, 3.8) is 0 Å². The van der Waals surface area contributed by atoms with Crippen molar-refractivity contribution < 1.29 is 19.3 Å². The van der Waals surface area contributed by atoms with E-state index in [2.05, 4.69) is 34.5 Å². The number of rotatable bonds is 8. The second-order valence-electron chi connectivity index (χ2n) is 8.19. The van der Waals surface area contributed by atoms with E-state index >= 15 is 0 Å². The molecule has 2 aliphatic heterocycles. The minimum Gasteiger partial charge on any atom is -0.412 e. The molecule has 0 radical (unpaired) electrons. The van der Waals surface area contributed by atoms with Gasteiger partial charge in [-0.25, -0.2) is 4.39 Å². The second kappa shape index (κ2) is 14.7. The number of piperidine rings is 1. The summed E-state index contributed by atoms with van der Waals surface area (Å²) in [6, 6.07) is 15.4. The van der Waals surface area contributed by atoms with Gasteiger partial charge in [-0.2, -0.15) is 0 Å². The first kappa shape index (κ1) is 29.6. The third kappa shape index (κ3) is 7.79. The van der Waals surface area contributed by atoms with Crippen LogP contribution in [0.1, 0.15) is 30.4 Å². The summed E-state index contributed by atoms with van der Waals surface area (Å²) in [6.45, 7) is 3.97. The van der Waals surface area contributed by atoms with Gasteiger partial charge < -0.3 is 25.2 Å². The first-order valence-corrected chi connectivity index (χ1v) is 11.0. The Balaban J connectivity index is 0.00000181. The number of halogens is 3. The Hall–Kier alpha value is -1.45. The van der Waals surface area contributed by atoms with Gasteiger partial charge in [0.1, 0.15) is 5.82 Å². The average Bonchev–Trinajstić information content (AvgIpc) is 2.78. The molecule has 3 unspecified atom stereocenters. The number of para-hydroxylation sites is 1. The number of ether oxygens (including phenoxy) is 2. The van der Waals surface area contributed by atoms with E-state index in [-0.39, 0.29) is 36.1 Å². The maximum atomic E-state index is 13.0. The zero-order chi connectivity index (χ0) is 20.8. The topological polar surface area (TPSA) is 91.2 Å².